The van der Waals surface area contributed by atoms with Crippen LogP contribution in [0.15, 0.2) is 23.1 Å². The third-order valence-corrected chi connectivity index (χ3v) is 4.03. The number of aryl methyl sites for hydroxylation is 1. The molecule has 2 aliphatic carbocycles. The lowest BCUT2D eigenvalue weighted by molar-refractivity contribution is -0.142. The number of rotatable bonds is 3. The quantitative estimate of drug-likeness (QED) is 0.881. The molecule has 1 aliphatic heterocycles. The van der Waals surface area contributed by atoms with E-state index in [1.807, 2.05) is 12.3 Å². The summed E-state index contributed by atoms with van der Waals surface area (Å²) in [5.41, 5.74) is 4.76. The average molecular weight is 285 g/mol. The van der Waals surface area contributed by atoms with Crippen molar-refractivity contribution in [1.29, 1.82) is 0 Å². The third kappa shape index (κ3) is 2.71. The van der Waals surface area contributed by atoms with Gasteiger partial charge in [-0.1, -0.05) is 0 Å². The molecular formula is C17H19NO3. The van der Waals surface area contributed by atoms with E-state index in [9.17, 15) is 9.59 Å². The first-order valence-electron chi connectivity index (χ1n) is 7.50. The number of fused-ring (bicyclic) bond motifs is 3. The van der Waals surface area contributed by atoms with Gasteiger partial charge in [0.05, 0.1) is 13.0 Å². The number of pyridine rings is 1. The molecular weight excluding hydrogens is 266 g/mol. The molecule has 0 fully saturated rings. The summed E-state index contributed by atoms with van der Waals surface area (Å²) in [6.07, 6.45) is 6.46. The zero-order valence-corrected chi connectivity index (χ0v) is 12.2. The van der Waals surface area contributed by atoms with E-state index >= 15 is 0 Å². The fraction of sp³-hybridized carbons (Fsp3) is 0.412. The fourth-order valence-electron chi connectivity index (χ4n) is 3.12. The predicted molar refractivity (Wildman–Crippen MR) is 80.7 cm³/mol. The Bertz CT molecular complexity index is 702. The SMILES string of the molecule is CCOC(=O)Cc1cc2[nH]cc3c(c-2c(=O)c1)CCCC3. The molecule has 21 heavy (non-hydrogen) atoms. The monoisotopic (exact) mass is 285 g/mol. The molecule has 0 aromatic rings. The van der Waals surface area contributed by atoms with Gasteiger partial charge < -0.3 is 9.72 Å². The average Bonchev–Trinajstić information content (AvgIpc) is 2.46. The van der Waals surface area contributed by atoms with Gasteiger partial charge in [0.25, 0.3) is 0 Å². The number of ether oxygens (including phenoxy) is 1. The Hall–Kier alpha value is -2.10. The van der Waals surface area contributed by atoms with Gasteiger partial charge in [-0.25, -0.2) is 0 Å². The van der Waals surface area contributed by atoms with E-state index in [4.69, 9.17) is 4.74 Å². The van der Waals surface area contributed by atoms with Gasteiger partial charge >= 0.3 is 5.97 Å². The van der Waals surface area contributed by atoms with Gasteiger partial charge in [0.15, 0.2) is 5.43 Å². The van der Waals surface area contributed by atoms with Crippen molar-refractivity contribution < 1.29 is 9.53 Å². The first kappa shape index (κ1) is 13.9. The van der Waals surface area contributed by atoms with Crippen LogP contribution in [0, 0.1) is 0 Å². The van der Waals surface area contributed by atoms with Crippen LogP contribution < -0.4 is 5.43 Å². The lowest BCUT2D eigenvalue weighted by Crippen LogP contribution is -2.17. The summed E-state index contributed by atoms with van der Waals surface area (Å²) in [5.74, 6) is -0.297. The molecule has 3 rings (SSSR count). The summed E-state index contributed by atoms with van der Waals surface area (Å²) in [7, 11) is 0. The fourth-order valence-corrected chi connectivity index (χ4v) is 3.12. The van der Waals surface area contributed by atoms with Gasteiger partial charge in [-0.15, -0.1) is 0 Å². The van der Waals surface area contributed by atoms with Gasteiger partial charge in [-0.05, 0) is 61.4 Å². The van der Waals surface area contributed by atoms with Crippen LogP contribution in [0.25, 0.3) is 11.3 Å². The molecule has 1 N–H and O–H groups in total. The molecule has 0 aromatic heterocycles. The Morgan fingerprint density at radius 1 is 1.29 bits per heavy atom. The van der Waals surface area contributed by atoms with Crippen LogP contribution in [0.5, 0.6) is 0 Å². The number of aromatic amines is 1. The maximum atomic E-state index is 12.4. The maximum Gasteiger partial charge on any atom is 0.310 e. The second kappa shape index (κ2) is 5.72. The standard InChI is InChI=1S/C17H19NO3/c1-2-21-16(20)9-11-7-14-17(15(19)8-11)13-6-4-3-5-12(13)10-18-14/h7-8,10,18H,2-6,9H2,1H3. The molecule has 0 unspecified atom stereocenters. The van der Waals surface area contributed by atoms with Crippen molar-refractivity contribution in [3.05, 3.63) is 45.2 Å². The summed E-state index contributed by atoms with van der Waals surface area (Å²) < 4.78 is 4.94. The van der Waals surface area contributed by atoms with Crippen LogP contribution in [0.1, 0.15) is 36.5 Å². The van der Waals surface area contributed by atoms with Crippen LogP contribution in [-0.4, -0.2) is 17.6 Å². The molecule has 0 aromatic carbocycles. The lowest BCUT2D eigenvalue weighted by Gasteiger charge is -2.20. The number of carbonyl (C=O) groups is 1. The van der Waals surface area contributed by atoms with Crippen molar-refractivity contribution in [2.24, 2.45) is 0 Å². The largest absolute Gasteiger partial charge is 0.466 e. The molecule has 0 saturated carbocycles. The molecule has 0 atom stereocenters. The van der Waals surface area contributed by atoms with Crippen molar-refractivity contribution in [1.82, 2.24) is 4.98 Å². The van der Waals surface area contributed by atoms with Crippen molar-refractivity contribution in [3.8, 4) is 11.3 Å². The molecule has 1 heterocycles. The predicted octanol–water partition coefficient (Wildman–Crippen LogP) is 2.46. The molecule has 4 heteroatoms. The van der Waals surface area contributed by atoms with Gasteiger partial charge in [0.2, 0.25) is 0 Å². The lowest BCUT2D eigenvalue weighted by atomic mass is 9.87. The highest BCUT2D eigenvalue weighted by atomic mass is 16.5. The molecule has 0 bridgehead atoms. The van der Waals surface area contributed by atoms with Gasteiger partial charge in [0, 0.05) is 17.5 Å². The Kier molecular flexibility index (Phi) is 3.78. The van der Waals surface area contributed by atoms with Crippen LogP contribution in [0.3, 0.4) is 0 Å². The molecule has 0 amide bonds. The third-order valence-electron chi connectivity index (χ3n) is 4.03. The Morgan fingerprint density at radius 2 is 2.10 bits per heavy atom. The van der Waals surface area contributed by atoms with Crippen molar-refractivity contribution in [3.63, 3.8) is 0 Å². The van der Waals surface area contributed by atoms with Crippen molar-refractivity contribution in [2.45, 2.75) is 39.0 Å². The van der Waals surface area contributed by atoms with Crippen LogP contribution in [0.4, 0.5) is 0 Å². The second-order valence-electron chi connectivity index (χ2n) is 5.50. The van der Waals surface area contributed by atoms with Crippen molar-refractivity contribution in [2.75, 3.05) is 6.61 Å². The summed E-state index contributed by atoms with van der Waals surface area (Å²) in [5, 5.41) is 0. The number of esters is 1. The highest BCUT2D eigenvalue weighted by molar-refractivity contribution is 5.75. The summed E-state index contributed by atoms with van der Waals surface area (Å²) in [4.78, 5) is 27.2. The normalized spacial score (nSPS) is 14.0. The summed E-state index contributed by atoms with van der Waals surface area (Å²) in [6, 6.07) is 3.46. The topological polar surface area (TPSA) is 59.2 Å². The zero-order chi connectivity index (χ0) is 14.8. The number of aromatic nitrogens is 1. The van der Waals surface area contributed by atoms with Crippen LogP contribution in [0.2, 0.25) is 0 Å². The Labute approximate surface area is 123 Å². The number of hydrogen-bond acceptors (Lipinski definition) is 3. The van der Waals surface area contributed by atoms with Gasteiger partial charge in [0.1, 0.15) is 0 Å². The number of H-pyrrole nitrogens is 1. The van der Waals surface area contributed by atoms with Gasteiger partial charge in [-0.2, -0.15) is 0 Å². The molecule has 110 valence electrons. The Balaban J connectivity index is 2.03. The molecule has 3 aliphatic rings. The highest BCUT2D eigenvalue weighted by Crippen LogP contribution is 2.29. The molecule has 0 spiro atoms. The minimum atomic E-state index is -0.297. The minimum absolute atomic E-state index is 0.00167. The smallest absolute Gasteiger partial charge is 0.310 e. The van der Waals surface area contributed by atoms with Crippen LogP contribution >= 0.6 is 0 Å². The van der Waals surface area contributed by atoms with E-state index in [0.717, 1.165) is 30.5 Å². The summed E-state index contributed by atoms with van der Waals surface area (Å²) in [6.45, 7) is 2.13. The number of nitrogens with one attached hydrogen (secondary N) is 1. The molecule has 0 radical (unpaired) electrons. The Morgan fingerprint density at radius 3 is 2.90 bits per heavy atom. The van der Waals surface area contributed by atoms with E-state index in [0.29, 0.717) is 12.2 Å². The van der Waals surface area contributed by atoms with Crippen molar-refractivity contribution >= 4 is 5.97 Å². The van der Waals surface area contributed by atoms with E-state index in [-0.39, 0.29) is 17.8 Å². The number of hydrogen-bond donors (Lipinski definition) is 1. The van der Waals surface area contributed by atoms with E-state index in [1.54, 1.807) is 13.0 Å². The number of carbonyl (C=O) groups excluding carboxylic acids is 1. The first-order chi connectivity index (χ1) is 10.2. The first-order valence-corrected chi connectivity index (χ1v) is 7.50. The van der Waals surface area contributed by atoms with E-state index in [2.05, 4.69) is 4.98 Å². The molecule has 0 saturated heterocycles. The minimum Gasteiger partial charge on any atom is -0.466 e. The summed E-state index contributed by atoms with van der Waals surface area (Å²) >= 11 is 0. The molecule has 4 nitrogen and oxygen atoms in total. The zero-order valence-electron chi connectivity index (χ0n) is 12.2. The van der Waals surface area contributed by atoms with E-state index < -0.39 is 0 Å². The maximum absolute atomic E-state index is 12.4. The number of benzene rings is 1. The van der Waals surface area contributed by atoms with Crippen LogP contribution in [-0.2, 0) is 28.8 Å². The highest BCUT2D eigenvalue weighted by Gasteiger charge is 2.20. The van der Waals surface area contributed by atoms with Gasteiger partial charge in [-0.3, -0.25) is 9.59 Å². The second-order valence-corrected chi connectivity index (χ2v) is 5.50. The van der Waals surface area contributed by atoms with E-state index in [1.165, 1.54) is 17.5 Å².